The summed E-state index contributed by atoms with van der Waals surface area (Å²) in [6.07, 6.45) is 5.18. The fourth-order valence-electron chi connectivity index (χ4n) is 3.03. The first kappa shape index (κ1) is 14.9. The molecule has 3 atom stereocenters. The first-order valence-electron chi connectivity index (χ1n) is 7.15. The maximum absolute atomic E-state index is 12.4. The number of aromatic nitrogens is 1. The monoisotopic (exact) mass is 312 g/mol. The number of fused-ring (bicyclic) bond motifs is 1. The molecular formula is C14H20N2O4S. The molecule has 1 aromatic rings. The predicted octanol–water partition coefficient (Wildman–Crippen LogP) is 1.43. The van der Waals surface area contributed by atoms with E-state index >= 15 is 0 Å². The molecule has 0 aromatic carbocycles. The molecule has 7 heteroatoms. The highest BCUT2D eigenvalue weighted by atomic mass is 32.2. The Bertz CT molecular complexity index is 603. The Morgan fingerprint density at radius 2 is 2.14 bits per heavy atom. The molecule has 2 aliphatic rings. The van der Waals surface area contributed by atoms with E-state index in [1.807, 2.05) is 13.8 Å². The predicted molar refractivity (Wildman–Crippen MR) is 76.0 cm³/mol. The molecule has 3 rings (SSSR count). The number of hydrogen-bond acceptors (Lipinski definition) is 5. The second kappa shape index (κ2) is 5.31. The lowest BCUT2D eigenvalue weighted by molar-refractivity contribution is -0.146. The molecule has 1 saturated heterocycles. The van der Waals surface area contributed by atoms with Crippen LogP contribution >= 0.6 is 0 Å². The van der Waals surface area contributed by atoms with Crippen LogP contribution in [0.25, 0.3) is 0 Å². The molecule has 0 spiro atoms. The molecule has 0 radical (unpaired) electrons. The Morgan fingerprint density at radius 3 is 2.86 bits per heavy atom. The topological polar surface area (TPSA) is 77.5 Å². The minimum Gasteiger partial charge on any atom is -0.345 e. The Labute approximate surface area is 124 Å². The summed E-state index contributed by atoms with van der Waals surface area (Å²) in [5.41, 5.74) is 0. The molecule has 2 heterocycles. The molecule has 6 nitrogen and oxygen atoms in total. The van der Waals surface area contributed by atoms with E-state index < -0.39 is 15.8 Å². The average molecular weight is 312 g/mol. The SMILES string of the molecule is CC1(C)O[C@H]2CCCC(NS(=O)(=O)c3cccnc3)[C@H]2O1. The highest BCUT2D eigenvalue weighted by Gasteiger charge is 2.47. The van der Waals surface area contributed by atoms with E-state index in [1.54, 1.807) is 12.3 Å². The Morgan fingerprint density at radius 1 is 1.33 bits per heavy atom. The molecule has 2 fully saturated rings. The fourth-order valence-corrected chi connectivity index (χ4v) is 4.27. The van der Waals surface area contributed by atoms with Crippen molar-refractivity contribution in [3.05, 3.63) is 24.5 Å². The van der Waals surface area contributed by atoms with Gasteiger partial charge in [0, 0.05) is 12.4 Å². The van der Waals surface area contributed by atoms with Gasteiger partial charge >= 0.3 is 0 Å². The Kier molecular flexibility index (Phi) is 3.77. The first-order valence-corrected chi connectivity index (χ1v) is 8.64. The van der Waals surface area contributed by atoms with E-state index in [1.165, 1.54) is 12.3 Å². The van der Waals surface area contributed by atoms with Gasteiger partial charge in [0.1, 0.15) is 11.0 Å². The van der Waals surface area contributed by atoms with Gasteiger partial charge in [-0.3, -0.25) is 4.98 Å². The van der Waals surface area contributed by atoms with Crippen LogP contribution in [-0.4, -0.2) is 37.4 Å². The van der Waals surface area contributed by atoms with E-state index in [4.69, 9.17) is 9.47 Å². The summed E-state index contributed by atoms with van der Waals surface area (Å²) in [5, 5.41) is 0. The van der Waals surface area contributed by atoms with Crippen LogP contribution in [0.4, 0.5) is 0 Å². The third kappa shape index (κ3) is 3.11. The van der Waals surface area contributed by atoms with E-state index in [-0.39, 0.29) is 23.1 Å². The van der Waals surface area contributed by atoms with E-state index in [2.05, 4.69) is 9.71 Å². The summed E-state index contributed by atoms with van der Waals surface area (Å²) in [7, 11) is -3.58. The standard InChI is InChI=1S/C14H20N2O4S/c1-14(2)19-12-7-3-6-11(13(12)20-14)16-21(17,18)10-5-4-8-15-9-10/h4-5,8-9,11-13,16H,3,6-7H2,1-2H3/t11?,12-,13+/m0/s1. The number of sulfonamides is 1. The molecule has 1 saturated carbocycles. The van der Waals surface area contributed by atoms with Gasteiger partial charge in [-0.05, 0) is 45.2 Å². The first-order chi connectivity index (χ1) is 9.87. The summed E-state index contributed by atoms with van der Waals surface area (Å²) < 4.78 is 39.3. The van der Waals surface area contributed by atoms with Crippen molar-refractivity contribution in [2.24, 2.45) is 0 Å². The molecule has 1 N–H and O–H groups in total. The van der Waals surface area contributed by atoms with Crippen LogP contribution in [0, 0.1) is 0 Å². The zero-order chi connectivity index (χ0) is 15.1. The highest BCUT2D eigenvalue weighted by molar-refractivity contribution is 7.89. The van der Waals surface area contributed by atoms with E-state index in [0.29, 0.717) is 0 Å². The number of hydrogen-bond donors (Lipinski definition) is 1. The smallest absolute Gasteiger partial charge is 0.242 e. The van der Waals surface area contributed by atoms with Crippen molar-refractivity contribution in [1.82, 2.24) is 9.71 Å². The summed E-state index contributed by atoms with van der Waals surface area (Å²) in [4.78, 5) is 4.03. The third-order valence-electron chi connectivity index (χ3n) is 3.87. The van der Waals surface area contributed by atoms with Crippen LogP contribution in [-0.2, 0) is 19.5 Å². The third-order valence-corrected chi connectivity index (χ3v) is 5.35. The van der Waals surface area contributed by atoms with Gasteiger partial charge in [-0.25, -0.2) is 13.1 Å². The second-order valence-corrected chi connectivity index (χ2v) is 7.70. The van der Waals surface area contributed by atoms with Crippen molar-refractivity contribution in [3.8, 4) is 0 Å². The second-order valence-electron chi connectivity index (χ2n) is 5.99. The molecule has 1 aliphatic heterocycles. The van der Waals surface area contributed by atoms with Gasteiger partial charge in [0.25, 0.3) is 0 Å². The van der Waals surface area contributed by atoms with Gasteiger partial charge in [-0.1, -0.05) is 0 Å². The molecule has 21 heavy (non-hydrogen) atoms. The van der Waals surface area contributed by atoms with Crippen LogP contribution < -0.4 is 4.72 Å². The molecular weight excluding hydrogens is 292 g/mol. The zero-order valence-corrected chi connectivity index (χ0v) is 13.0. The van der Waals surface area contributed by atoms with Crippen molar-refractivity contribution < 1.29 is 17.9 Å². The number of rotatable bonds is 3. The largest absolute Gasteiger partial charge is 0.345 e. The van der Waals surface area contributed by atoms with Gasteiger partial charge < -0.3 is 9.47 Å². The van der Waals surface area contributed by atoms with Gasteiger partial charge in [-0.15, -0.1) is 0 Å². The van der Waals surface area contributed by atoms with Crippen molar-refractivity contribution in [2.45, 2.75) is 62.0 Å². The minimum absolute atomic E-state index is 0.0460. The molecule has 0 bridgehead atoms. The van der Waals surface area contributed by atoms with E-state index in [9.17, 15) is 8.42 Å². The summed E-state index contributed by atoms with van der Waals surface area (Å²) in [5.74, 6) is -0.655. The van der Waals surface area contributed by atoms with Gasteiger partial charge in [0.2, 0.25) is 10.0 Å². The van der Waals surface area contributed by atoms with Gasteiger partial charge in [0.15, 0.2) is 5.79 Å². The Hall–Kier alpha value is -1.02. The number of ether oxygens (including phenoxy) is 2. The van der Waals surface area contributed by atoms with Gasteiger partial charge in [0.05, 0.1) is 12.1 Å². The van der Waals surface area contributed by atoms with Crippen molar-refractivity contribution in [2.75, 3.05) is 0 Å². The summed E-state index contributed by atoms with van der Waals surface area (Å²) in [6.45, 7) is 3.72. The average Bonchev–Trinajstić information content (AvgIpc) is 2.75. The lowest BCUT2D eigenvalue weighted by Gasteiger charge is -2.31. The van der Waals surface area contributed by atoms with Crippen molar-refractivity contribution in [1.29, 1.82) is 0 Å². The molecule has 116 valence electrons. The maximum atomic E-state index is 12.4. The molecule has 0 amide bonds. The fraction of sp³-hybridized carbons (Fsp3) is 0.643. The van der Waals surface area contributed by atoms with Crippen molar-refractivity contribution >= 4 is 10.0 Å². The van der Waals surface area contributed by atoms with Crippen LogP contribution in [0.1, 0.15) is 33.1 Å². The van der Waals surface area contributed by atoms with Crippen LogP contribution in [0.15, 0.2) is 29.4 Å². The van der Waals surface area contributed by atoms with E-state index in [0.717, 1.165) is 19.3 Å². The summed E-state index contributed by atoms with van der Waals surface area (Å²) in [6, 6.07) is 2.87. The Balaban J connectivity index is 1.78. The van der Waals surface area contributed by atoms with Crippen LogP contribution in [0.5, 0.6) is 0 Å². The number of nitrogens with zero attached hydrogens (tertiary/aromatic N) is 1. The van der Waals surface area contributed by atoms with Crippen LogP contribution in [0.2, 0.25) is 0 Å². The van der Waals surface area contributed by atoms with Crippen molar-refractivity contribution in [3.63, 3.8) is 0 Å². The lowest BCUT2D eigenvalue weighted by Crippen LogP contribution is -2.49. The summed E-state index contributed by atoms with van der Waals surface area (Å²) >= 11 is 0. The highest BCUT2D eigenvalue weighted by Crippen LogP contribution is 2.37. The number of nitrogens with one attached hydrogen (secondary N) is 1. The molecule has 1 unspecified atom stereocenters. The molecule has 1 aliphatic carbocycles. The van der Waals surface area contributed by atoms with Gasteiger partial charge in [-0.2, -0.15) is 0 Å². The number of pyridine rings is 1. The molecule has 1 aromatic heterocycles. The minimum atomic E-state index is -3.58. The lowest BCUT2D eigenvalue weighted by atomic mass is 9.91. The zero-order valence-electron chi connectivity index (χ0n) is 12.2. The normalized spacial score (nSPS) is 31.8. The maximum Gasteiger partial charge on any atom is 0.242 e. The quantitative estimate of drug-likeness (QED) is 0.913. The van der Waals surface area contributed by atoms with Crippen LogP contribution in [0.3, 0.4) is 0 Å².